The minimum Gasteiger partial charge on any atom is -0.466 e. The molecule has 3 atom stereocenters. The van der Waals surface area contributed by atoms with Gasteiger partial charge in [-0.05, 0) is 42.3 Å². The smallest absolute Gasteiger partial charge is 0.337 e. The van der Waals surface area contributed by atoms with Gasteiger partial charge in [0.15, 0.2) is 0 Å². The Morgan fingerprint density at radius 2 is 1.84 bits per heavy atom. The third-order valence-corrected chi connectivity index (χ3v) is 6.34. The van der Waals surface area contributed by atoms with Crippen LogP contribution < -0.4 is 10.6 Å². The van der Waals surface area contributed by atoms with E-state index in [1.807, 2.05) is 30.3 Å². The number of rotatable bonds is 8. The molecule has 0 saturated carbocycles. The number of aromatic nitrogens is 1. The summed E-state index contributed by atoms with van der Waals surface area (Å²) in [5, 5.41) is 5.90. The molecule has 37 heavy (non-hydrogen) atoms. The standard InChI is InChI=1S/C28H23F2N3O4/c1-36-27(35)25-24(26(34)33-20-8-5-11-31-16-20)22-9-10-28(25,37-22)23(12-17-6-3-2-4-7-17)32-21-14-18(29)13-19(30)15-21/h2-11,13-16,22-23,32H,12H2,1H3,(H,33,34). The van der Waals surface area contributed by atoms with Crippen LogP contribution in [0.4, 0.5) is 20.2 Å². The molecule has 2 aliphatic heterocycles. The molecule has 2 aliphatic rings. The van der Waals surface area contributed by atoms with E-state index in [1.54, 1.807) is 30.5 Å². The number of pyridine rings is 1. The minimum atomic E-state index is -1.45. The average Bonchev–Trinajstić information content (AvgIpc) is 3.47. The molecule has 0 radical (unpaired) electrons. The Bertz CT molecular complexity index is 1370. The summed E-state index contributed by atoms with van der Waals surface area (Å²) < 4.78 is 39.5. The number of carbonyl (C=O) groups excluding carboxylic acids is 2. The molecule has 3 aromatic rings. The van der Waals surface area contributed by atoms with Crippen molar-refractivity contribution in [3.63, 3.8) is 0 Å². The summed E-state index contributed by atoms with van der Waals surface area (Å²) in [6.07, 6.45) is 5.91. The van der Waals surface area contributed by atoms with Gasteiger partial charge >= 0.3 is 5.97 Å². The molecule has 2 aromatic carbocycles. The molecule has 1 aromatic heterocycles. The van der Waals surface area contributed by atoms with E-state index in [0.717, 1.165) is 23.8 Å². The Hall–Kier alpha value is -4.37. The zero-order chi connectivity index (χ0) is 26.0. The molecule has 9 heteroatoms. The van der Waals surface area contributed by atoms with Gasteiger partial charge in [0.25, 0.3) is 5.91 Å². The van der Waals surface area contributed by atoms with Gasteiger partial charge in [-0.25, -0.2) is 13.6 Å². The third-order valence-electron chi connectivity index (χ3n) is 6.34. The lowest BCUT2D eigenvalue weighted by Crippen LogP contribution is -2.49. The number of nitrogens with zero attached hydrogens (tertiary/aromatic N) is 1. The summed E-state index contributed by atoms with van der Waals surface area (Å²) >= 11 is 0. The maximum atomic E-state index is 14.0. The summed E-state index contributed by atoms with van der Waals surface area (Å²) in [5.41, 5.74) is 0.157. The van der Waals surface area contributed by atoms with Crippen molar-refractivity contribution >= 4 is 23.3 Å². The van der Waals surface area contributed by atoms with Gasteiger partial charge in [0.2, 0.25) is 0 Å². The van der Waals surface area contributed by atoms with Crippen LogP contribution in [0.3, 0.4) is 0 Å². The van der Waals surface area contributed by atoms with Gasteiger partial charge in [0.05, 0.1) is 36.2 Å². The topological polar surface area (TPSA) is 89.6 Å². The number of carbonyl (C=O) groups is 2. The van der Waals surface area contributed by atoms with Crippen molar-refractivity contribution in [1.29, 1.82) is 0 Å². The minimum absolute atomic E-state index is 0.0224. The second kappa shape index (κ2) is 9.94. The highest BCUT2D eigenvalue weighted by Crippen LogP contribution is 2.47. The Morgan fingerprint density at radius 3 is 2.51 bits per heavy atom. The molecule has 7 nitrogen and oxygen atoms in total. The molecule has 0 spiro atoms. The summed E-state index contributed by atoms with van der Waals surface area (Å²) in [6.45, 7) is 0. The van der Waals surface area contributed by atoms with Crippen molar-refractivity contribution < 1.29 is 27.8 Å². The first-order valence-corrected chi connectivity index (χ1v) is 11.6. The Morgan fingerprint density at radius 1 is 1.08 bits per heavy atom. The van der Waals surface area contributed by atoms with E-state index in [1.165, 1.54) is 13.3 Å². The second-order valence-electron chi connectivity index (χ2n) is 8.71. The highest BCUT2D eigenvalue weighted by molar-refractivity contribution is 6.12. The zero-order valence-electron chi connectivity index (χ0n) is 19.8. The molecule has 2 N–H and O–H groups in total. The molecule has 2 bridgehead atoms. The molecule has 1 amide bonds. The number of hydrogen-bond acceptors (Lipinski definition) is 6. The fourth-order valence-corrected chi connectivity index (χ4v) is 4.79. The number of benzene rings is 2. The first kappa shape index (κ1) is 24.3. The van der Waals surface area contributed by atoms with Gasteiger partial charge in [-0.3, -0.25) is 9.78 Å². The van der Waals surface area contributed by atoms with Gasteiger partial charge in [0.1, 0.15) is 23.3 Å². The van der Waals surface area contributed by atoms with Gasteiger partial charge in [-0.1, -0.05) is 36.4 Å². The van der Waals surface area contributed by atoms with E-state index in [-0.39, 0.29) is 16.8 Å². The molecule has 188 valence electrons. The number of halogens is 2. The summed E-state index contributed by atoms with van der Waals surface area (Å²) in [7, 11) is 1.22. The van der Waals surface area contributed by atoms with Crippen molar-refractivity contribution in [3.05, 3.63) is 114 Å². The molecule has 3 heterocycles. The fourth-order valence-electron chi connectivity index (χ4n) is 4.79. The van der Waals surface area contributed by atoms with E-state index in [2.05, 4.69) is 15.6 Å². The lowest BCUT2D eigenvalue weighted by Gasteiger charge is -2.36. The van der Waals surface area contributed by atoms with Crippen molar-refractivity contribution in [2.75, 3.05) is 17.7 Å². The third kappa shape index (κ3) is 4.73. The highest BCUT2D eigenvalue weighted by atomic mass is 19.1. The number of methoxy groups -OCH3 is 1. The largest absolute Gasteiger partial charge is 0.466 e. The van der Waals surface area contributed by atoms with Crippen LogP contribution in [0.15, 0.2) is 96.4 Å². The van der Waals surface area contributed by atoms with E-state index >= 15 is 0 Å². The number of hydrogen-bond donors (Lipinski definition) is 2. The zero-order valence-corrected chi connectivity index (χ0v) is 19.8. The molecule has 5 rings (SSSR count). The van der Waals surface area contributed by atoms with Crippen molar-refractivity contribution in [3.8, 4) is 0 Å². The summed E-state index contributed by atoms with van der Waals surface area (Å²) in [5.74, 6) is -2.80. The molecular formula is C28H23F2N3O4. The molecule has 0 fully saturated rings. The Kier molecular flexibility index (Phi) is 6.54. The lowest BCUT2D eigenvalue weighted by atomic mass is 9.78. The van der Waals surface area contributed by atoms with Crippen LogP contribution in [0.25, 0.3) is 0 Å². The van der Waals surface area contributed by atoms with Gasteiger partial charge in [0, 0.05) is 18.0 Å². The van der Waals surface area contributed by atoms with Crippen LogP contribution in [-0.4, -0.2) is 41.7 Å². The molecule has 3 unspecified atom stereocenters. The lowest BCUT2D eigenvalue weighted by molar-refractivity contribution is -0.138. The predicted molar refractivity (Wildman–Crippen MR) is 133 cm³/mol. The Balaban J connectivity index is 1.59. The SMILES string of the molecule is COC(=O)C1=C(C(=O)Nc2cccnc2)C2C=CC1(C(Cc1ccccc1)Nc1cc(F)cc(F)c1)O2. The number of ether oxygens (including phenoxy) is 2. The summed E-state index contributed by atoms with van der Waals surface area (Å²) in [4.78, 5) is 30.5. The van der Waals surface area contributed by atoms with Crippen molar-refractivity contribution in [2.24, 2.45) is 0 Å². The first-order chi connectivity index (χ1) is 17.9. The average molecular weight is 504 g/mol. The van der Waals surface area contributed by atoms with E-state index in [4.69, 9.17) is 9.47 Å². The highest BCUT2D eigenvalue weighted by Gasteiger charge is 2.58. The number of fused-ring (bicyclic) bond motifs is 2. The maximum Gasteiger partial charge on any atom is 0.337 e. The van der Waals surface area contributed by atoms with Crippen LogP contribution in [0.1, 0.15) is 5.56 Å². The van der Waals surface area contributed by atoms with E-state index in [0.29, 0.717) is 12.1 Å². The first-order valence-electron chi connectivity index (χ1n) is 11.6. The van der Waals surface area contributed by atoms with Crippen LogP contribution in [0.5, 0.6) is 0 Å². The van der Waals surface area contributed by atoms with Crippen molar-refractivity contribution in [1.82, 2.24) is 4.98 Å². The Labute approximate surface area is 211 Å². The predicted octanol–water partition coefficient (Wildman–Crippen LogP) is 4.20. The number of esters is 1. The summed E-state index contributed by atoms with van der Waals surface area (Å²) in [6, 6.07) is 15.0. The second-order valence-corrected chi connectivity index (χ2v) is 8.71. The molecule has 0 aliphatic carbocycles. The number of amides is 1. The van der Waals surface area contributed by atoms with Gasteiger partial charge in [-0.15, -0.1) is 0 Å². The van der Waals surface area contributed by atoms with Crippen LogP contribution in [-0.2, 0) is 25.5 Å². The van der Waals surface area contributed by atoms with Crippen LogP contribution >= 0.6 is 0 Å². The van der Waals surface area contributed by atoms with Crippen LogP contribution in [0.2, 0.25) is 0 Å². The van der Waals surface area contributed by atoms with Gasteiger partial charge in [-0.2, -0.15) is 0 Å². The quantitative estimate of drug-likeness (QED) is 0.354. The number of nitrogens with one attached hydrogen (secondary N) is 2. The van der Waals surface area contributed by atoms with E-state index in [9.17, 15) is 18.4 Å². The van der Waals surface area contributed by atoms with Crippen LogP contribution in [0, 0.1) is 11.6 Å². The number of anilines is 2. The monoisotopic (exact) mass is 503 g/mol. The fraction of sp³-hybridized carbons (Fsp3) is 0.179. The molecular weight excluding hydrogens is 480 g/mol. The van der Waals surface area contributed by atoms with E-state index < -0.39 is 41.3 Å². The molecule has 0 saturated heterocycles. The van der Waals surface area contributed by atoms with Gasteiger partial charge < -0.3 is 20.1 Å². The normalized spacial score (nSPS) is 20.6. The van der Waals surface area contributed by atoms with Crippen molar-refractivity contribution in [2.45, 2.75) is 24.2 Å². The maximum absolute atomic E-state index is 14.0.